The zero-order valence-electron chi connectivity index (χ0n) is 19.0. The van der Waals surface area contributed by atoms with Crippen LogP contribution in [0.4, 0.5) is 0 Å². The van der Waals surface area contributed by atoms with Crippen LogP contribution < -0.4 is 4.74 Å². The molecule has 0 amide bonds. The third-order valence-electron chi connectivity index (χ3n) is 5.84. The molecule has 0 fully saturated rings. The Bertz CT molecular complexity index is 1550. The lowest BCUT2D eigenvalue weighted by Crippen LogP contribution is -2.14. The van der Waals surface area contributed by atoms with Gasteiger partial charge in [0.2, 0.25) is 5.78 Å². The predicted octanol–water partition coefficient (Wildman–Crippen LogP) is 5.78. The number of nitrogens with zero attached hydrogens (tertiary/aromatic N) is 3. The highest BCUT2D eigenvalue weighted by molar-refractivity contribution is 6.30. The van der Waals surface area contributed by atoms with Crippen LogP contribution in [0.15, 0.2) is 77.5 Å². The molecule has 8 heteroatoms. The highest BCUT2D eigenvalue weighted by atomic mass is 35.5. The van der Waals surface area contributed by atoms with E-state index in [0.717, 1.165) is 5.39 Å². The van der Waals surface area contributed by atoms with Gasteiger partial charge in [-0.2, -0.15) is 0 Å². The fourth-order valence-corrected chi connectivity index (χ4v) is 4.19. The van der Waals surface area contributed by atoms with Gasteiger partial charge in [-0.3, -0.25) is 19.1 Å². The average molecular weight is 486 g/mol. The molecule has 0 aliphatic heterocycles. The van der Waals surface area contributed by atoms with E-state index < -0.39 is 0 Å². The van der Waals surface area contributed by atoms with E-state index in [4.69, 9.17) is 20.8 Å². The van der Waals surface area contributed by atoms with E-state index in [-0.39, 0.29) is 24.0 Å². The van der Waals surface area contributed by atoms with Crippen molar-refractivity contribution in [2.45, 2.75) is 13.3 Å². The second-order valence-corrected chi connectivity index (χ2v) is 8.38. The molecule has 0 saturated heterocycles. The Morgan fingerprint density at radius 1 is 1.06 bits per heavy atom. The van der Waals surface area contributed by atoms with E-state index in [1.165, 1.54) is 6.20 Å². The largest absolute Gasteiger partial charge is 0.497 e. The Balaban J connectivity index is 1.55. The molecule has 0 unspecified atom stereocenters. The molecule has 174 valence electrons. The molecule has 5 aromatic rings. The average Bonchev–Trinajstić information content (AvgIpc) is 3.48. The number of carbonyl (C=O) groups excluding carboxylic acids is 2. The quantitative estimate of drug-likeness (QED) is 0.283. The molecule has 7 nitrogen and oxygen atoms in total. The van der Waals surface area contributed by atoms with Crippen molar-refractivity contribution < 1.29 is 18.7 Å². The summed E-state index contributed by atoms with van der Waals surface area (Å²) in [5.41, 5.74) is 3.09. The number of pyridine rings is 1. The normalized spacial score (nSPS) is 11.1. The zero-order valence-corrected chi connectivity index (χ0v) is 19.7. The second kappa shape index (κ2) is 9.19. The van der Waals surface area contributed by atoms with Crippen molar-refractivity contribution in [2.24, 2.45) is 0 Å². The van der Waals surface area contributed by atoms with Gasteiger partial charge in [-0.15, -0.1) is 0 Å². The molecule has 0 aliphatic carbocycles. The summed E-state index contributed by atoms with van der Waals surface area (Å²) < 4.78 is 12.7. The van der Waals surface area contributed by atoms with E-state index >= 15 is 0 Å². The van der Waals surface area contributed by atoms with Gasteiger partial charge in [0.15, 0.2) is 5.76 Å². The first-order valence-corrected chi connectivity index (χ1v) is 11.2. The van der Waals surface area contributed by atoms with Crippen molar-refractivity contribution in [1.82, 2.24) is 14.5 Å². The number of ketones is 1. The van der Waals surface area contributed by atoms with Crippen LogP contribution in [-0.2, 0) is 6.42 Å². The maximum absolute atomic E-state index is 13.4. The van der Waals surface area contributed by atoms with Gasteiger partial charge in [0.05, 0.1) is 18.8 Å². The van der Waals surface area contributed by atoms with Crippen LogP contribution in [-0.4, -0.2) is 33.3 Å². The van der Waals surface area contributed by atoms with Crippen LogP contribution in [0, 0.1) is 6.92 Å². The molecule has 0 N–H and O–H groups in total. The van der Waals surface area contributed by atoms with E-state index in [2.05, 4.69) is 9.97 Å². The third kappa shape index (κ3) is 4.22. The van der Waals surface area contributed by atoms with Gasteiger partial charge in [-0.05, 0) is 67.1 Å². The minimum atomic E-state index is -0.309. The number of hydrogen-bond donors (Lipinski definition) is 0. The molecule has 0 saturated carbocycles. The highest BCUT2D eigenvalue weighted by Gasteiger charge is 2.24. The summed E-state index contributed by atoms with van der Waals surface area (Å²) in [5.74, 6) is 0.485. The van der Waals surface area contributed by atoms with Crippen LogP contribution in [0.5, 0.6) is 5.75 Å². The Labute approximate surface area is 206 Å². The lowest BCUT2D eigenvalue weighted by atomic mass is 10.0. The van der Waals surface area contributed by atoms with E-state index in [1.54, 1.807) is 60.3 Å². The number of ether oxygens (including phenoxy) is 1. The van der Waals surface area contributed by atoms with Gasteiger partial charge >= 0.3 is 0 Å². The summed E-state index contributed by atoms with van der Waals surface area (Å²) in [6, 6.07) is 17.5. The van der Waals surface area contributed by atoms with E-state index in [9.17, 15) is 9.59 Å². The fourth-order valence-electron chi connectivity index (χ4n) is 4.06. The molecule has 2 aromatic carbocycles. The van der Waals surface area contributed by atoms with Gasteiger partial charge in [-0.1, -0.05) is 17.7 Å². The minimum Gasteiger partial charge on any atom is -0.497 e. The Kier molecular flexibility index (Phi) is 5.93. The first-order chi connectivity index (χ1) is 17.0. The molecule has 0 spiro atoms. The molecule has 3 aromatic heterocycles. The summed E-state index contributed by atoms with van der Waals surface area (Å²) in [6.07, 6.45) is 3.13. The number of benzene rings is 2. The number of rotatable bonds is 6. The van der Waals surface area contributed by atoms with Gasteiger partial charge < -0.3 is 9.15 Å². The van der Waals surface area contributed by atoms with Gasteiger partial charge in [-0.25, -0.2) is 4.98 Å². The van der Waals surface area contributed by atoms with Crippen molar-refractivity contribution >= 4 is 34.2 Å². The lowest BCUT2D eigenvalue weighted by Gasteiger charge is -2.08. The van der Waals surface area contributed by atoms with Crippen molar-refractivity contribution in [3.05, 3.63) is 101 Å². The number of methoxy groups -OCH3 is 1. The van der Waals surface area contributed by atoms with Gasteiger partial charge in [0.1, 0.15) is 11.4 Å². The summed E-state index contributed by atoms with van der Waals surface area (Å²) in [6.45, 7) is 1.82. The zero-order chi connectivity index (χ0) is 24.5. The molecule has 5 rings (SSSR count). The predicted molar refractivity (Wildman–Crippen MR) is 132 cm³/mol. The van der Waals surface area contributed by atoms with Crippen LogP contribution >= 0.6 is 11.6 Å². The topological polar surface area (TPSA) is 87.2 Å². The fraction of sp³-hybridized carbons (Fsp3) is 0.111. The van der Waals surface area contributed by atoms with Crippen LogP contribution in [0.25, 0.3) is 22.4 Å². The monoisotopic (exact) mass is 485 g/mol. The maximum atomic E-state index is 13.4. The number of fused-ring (bicyclic) bond motifs is 1. The number of aromatic nitrogens is 3. The second-order valence-electron chi connectivity index (χ2n) is 7.94. The van der Waals surface area contributed by atoms with Crippen molar-refractivity contribution in [2.75, 3.05) is 7.11 Å². The lowest BCUT2D eigenvalue weighted by molar-refractivity contribution is 0.0948. The Hall–Kier alpha value is -4.23. The highest BCUT2D eigenvalue weighted by Crippen LogP contribution is 2.31. The van der Waals surface area contributed by atoms with Crippen molar-refractivity contribution in [3.63, 3.8) is 0 Å². The Morgan fingerprint density at radius 3 is 2.57 bits per heavy atom. The molecular weight excluding hydrogens is 466 g/mol. The summed E-state index contributed by atoms with van der Waals surface area (Å²) in [7, 11) is 1.57. The third-order valence-corrected chi connectivity index (χ3v) is 6.09. The Morgan fingerprint density at radius 2 is 1.86 bits per heavy atom. The molecule has 3 heterocycles. The summed E-state index contributed by atoms with van der Waals surface area (Å²) in [5, 5.41) is 1.29. The molecule has 0 aliphatic rings. The van der Waals surface area contributed by atoms with Crippen molar-refractivity contribution in [3.8, 4) is 17.2 Å². The minimum absolute atomic E-state index is 0.00142. The molecule has 0 bridgehead atoms. The summed E-state index contributed by atoms with van der Waals surface area (Å²) in [4.78, 5) is 35.0. The van der Waals surface area contributed by atoms with Crippen LogP contribution in [0.1, 0.15) is 32.3 Å². The SMILES string of the molecule is COc1ccc2c(c1)c(CC(=O)c1ncc(-c3ccccn3)o1)c(C)n2C(=O)c1ccc(Cl)cc1. The van der Waals surface area contributed by atoms with E-state index in [0.29, 0.717) is 44.6 Å². The smallest absolute Gasteiger partial charge is 0.264 e. The molecule has 35 heavy (non-hydrogen) atoms. The number of carbonyl (C=O) groups is 2. The number of Topliss-reactive ketones (excluding diaryl/α,β-unsaturated/α-hetero) is 1. The standard InChI is InChI=1S/C27H20ClN3O4/c1-16-20(14-24(32)26-30-15-25(35-26)22-5-3-4-12-29-22)21-13-19(34-2)10-11-23(21)31(16)27(33)17-6-8-18(28)9-7-17/h3-13,15H,14H2,1-2H3. The van der Waals surface area contributed by atoms with Crippen molar-refractivity contribution in [1.29, 1.82) is 0 Å². The first kappa shape index (κ1) is 22.6. The molecular formula is C27H20ClN3O4. The first-order valence-electron chi connectivity index (χ1n) is 10.8. The molecule has 0 atom stereocenters. The maximum Gasteiger partial charge on any atom is 0.264 e. The van der Waals surface area contributed by atoms with E-state index in [1.807, 2.05) is 25.1 Å². The number of halogens is 1. The molecule has 0 radical (unpaired) electrons. The number of oxazole rings is 1. The summed E-state index contributed by atoms with van der Waals surface area (Å²) >= 11 is 5.99. The van der Waals surface area contributed by atoms with Crippen LogP contribution in [0.3, 0.4) is 0 Å². The van der Waals surface area contributed by atoms with Gasteiger partial charge in [0, 0.05) is 34.3 Å². The van der Waals surface area contributed by atoms with Crippen LogP contribution in [0.2, 0.25) is 5.02 Å². The number of hydrogen-bond acceptors (Lipinski definition) is 6. The van der Waals surface area contributed by atoms with Gasteiger partial charge in [0.25, 0.3) is 11.8 Å².